The number of likely N-dealkylation sites (tertiary alicyclic amines) is 1. The summed E-state index contributed by atoms with van der Waals surface area (Å²) in [4.78, 5) is 6.30. The van der Waals surface area contributed by atoms with Crippen LogP contribution in [0.3, 0.4) is 0 Å². The second-order valence-corrected chi connectivity index (χ2v) is 5.38. The monoisotopic (exact) mass is 274 g/mol. The van der Waals surface area contributed by atoms with E-state index in [4.69, 9.17) is 23.2 Å². The first-order chi connectivity index (χ1) is 8.11. The third kappa shape index (κ3) is 2.91. The Balaban J connectivity index is 2.10. The third-order valence-corrected chi connectivity index (χ3v) is 4.01. The zero-order valence-electron chi connectivity index (χ0n) is 9.74. The van der Waals surface area contributed by atoms with E-state index in [1.165, 1.54) is 0 Å². The molecule has 2 heterocycles. The number of hydrogen-bond donors (Lipinski definition) is 1. The van der Waals surface area contributed by atoms with Gasteiger partial charge in [-0.25, -0.2) is 4.98 Å². The average molecular weight is 275 g/mol. The number of nitrogens with zero attached hydrogens (tertiary/aromatic N) is 2. The van der Waals surface area contributed by atoms with E-state index < -0.39 is 0 Å². The molecule has 3 nitrogen and oxygen atoms in total. The van der Waals surface area contributed by atoms with Crippen molar-refractivity contribution in [3.8, 4) is 0 Å². The van der Waals surface area contributed by atoms with Crippen molar-refractivity contribution in [1.29, 1.82) is 0 Å². The van der Waals surface area contributed by atoms with Crippen molar-refractivity contribution in [2.75, 3.05) is 13.2 Å². The van der Waals surface area contributed by atoms with Crippen LogP contribution in [0.4, 0.5) is 0 Å². The Morgan fingerprint density at radius 2 is 2.29 bits per heavy atom. The van der Waals surface area contributed by atoms with Crippen LogP contribution < -0.4 is 0 Å². The Kier molecular flexibility index (Phi) is 4.26. The van der Waals surface area contributed by atoms with Gasteiger partial charge in [0.15, 0.2) is 0 Å². The van der Waals surface area contributed by atoms with E-state index in [0.29, 0.717) is 16.1 Å². The maximum atomic E-state index is 9.39. The molecule has 5 heteroatoms. The van der Waals surface area contributed by atoms with Gasteiger partial charge in [-0.2, -0.15) is 0 Å². The molecule has 2 atom stereocenters. The molecular weight excluding hydrogens is 259 g/mol. The molecule has 0 spiro atoms. The molecule has 2 unspecified atom stereocenters. The third-order valence-electron chi connectivity index (χ3n) is 3.45. The fourth-order valence-corrected chi connectivity index (χ4v) is 2.78. The van der Waals surface area contributed by atoms with E-state index in [2.05, 4.69) is 16.8 Å². The molecule has 2 rings (SSSR count). The van der Waals surface area contributed by atoms with Gasteiger partial charge in [0.05, 0.1) is 6.61 Å². The molecule has 0 saturated carbocycles. The molecule has 1 aliphatic rings. The van der Waals surface area contributed by atoms with Crippen molar-refractivity contribution in [3.63, 3.8) is 0 Å². The fourth-order valence-electron chi connectivity index (χ4n) is 2.35. The summed E-state index contributed by atoms with van der Waals surface area (Å²) in [6.45, 7) is 4.08. The number of aromatic nitrogens is 1. The minimum absolute atomic E-state index is 0.194. The minimum Gasteiger partial charge on any atom is -0.395 e. The molecule has 1 aliphatic heterocycles. The molecule has 0 aromatic carbocycles. The van der Waals surface area contributed by atoms with Crippen LogP contribution in [-0.4, -0.2) is 34.2 Å². The Morgan fingerprint density at radius 1 is 1.53 bits per heavy atom. The lowest BCUT2D eigenvalue weighted by atomic mass is 10.0. The van der Waals surface area contributed by atoms with Crippen LogP contribution >= 0.6 is 23.2 Å². The lowest BCUT2D eigenvalue weighted by Gasteiger charge is -2.25. The van der Waals surface area contributed by atoms with Crippen LogP contribution in [0.5, 0.6) is 0 Å². The number of hydrogen-bond acceptors (Lipinski definition) is 3. The van der Waals surface area contributed by atoms with Gasteiger partial charge >= 0.3 is 0 Å². The molecule has 0 amide bonds. The summed E-state index contributed by atoms with van der Waals surface area (Å²) < 4.78 is 0. The van der Waals surface area contributed by atoms with Gasteiger partial charge in [-0.15, -0.1) is 0 Å². The van der Waals surface area contributed by atoms with E-state index >= 15 is 0 Å². The number of aliphatic hydroxyl groups is 1. The zero-order chi connectivity index (χ0) is 12.4. The second kappa shape index (κ2) is 5.53. The van der Waals surface area contributed by atoms with Crippen molar-refractivity contribution in [2.45, 2.75) is 25.9 Å². The van der Waals surface area contributed by atoms with Crippen LogP contribution in [0, 0.1) is 5.92 Å². The maximum Gasteiger partial charge on any atom is 0.130 e. The average Bonchev–Trinajstić information content (AvgIpc) is 2.63. The molecule has 94 valence electrons. The molecule has 0 aliphatic carbocycles. The highest BCUT2D eigenvalue weighted by atomic mass is 35.5. The first kappa shape index (κ1) is 13.1. The highest BCUT2D eigenvalue weighted by Crippen LogP contribution is 2.27. The number of pyridine rings is 1. The molecule has 17 heavy (non-hydrogen) atoms. The summed E-state index contributed by atoms with van der Waals surface area (Å²) in [6.07, 6.45) is 2.83. The summed E-state index contributed by atoms with van der Waals surface area (Å²) in [5.41, 5.74) is 0.962. The van der Waals surface area contributed by atoms with E-state index in [9.17, 15) is 5.11 Å². The van der Waals surface area contributed by atoms with E-state index in [1.54, 1.807) is 12.3 Å². The van der Waals surface area contributed by atoms with Gasteiger partial charge in [-0.05, 0) is 24.9 Å². The smallest absolute Gasteiger partial charge is 0.130 e. The van der Waals surface area contributed by atoms with Gasteiger partial charge in [-0.1, -0.05) is 30.1 Å². The predicted octanol–water partition coefficient (Wildman–Crippen LogP) is 2.59. The van der Waals surface area contributed by atoms with Crippen molar-refractivity contribution >= 4 is 23.2 Å². The van der Waals surface area contributed by atoms with Crippen LogP contribution in [-0.2, 0) is 6.54 Å². The molecule has 1 aromatic heterocycles. The van der Waals surface area contributed by atoms with Crippen molar-refractivity contribution in [3.05, 3.63) is 28.0 Å². The van der Waals surface area contributed by atoms with E-state index in [-0.39, 0.29) is 12.6 Å². The van der Waals surface area contributed by atoms with Crippen LogP contribution in [0.1, 0.15) is 18.9 Å². The van der Waals surface area contributed by atoms with Gasteiger partial charge in [0.1, 0.15) is 5.15 Å². The maximum absolute atomic E-state index is 9.39. The minimum atomic E-state index is 0.194. The Morgan fingerprint density at radius 3 is 2.94 bits per heavy atom. The van der Waals surface area contributed by atoms with Crippen molar-refractivity contribution < 1.29 is 5.11 Å². The van der Waals surface area contributed by atoms with Crippen molar-refractivity contribution in [1.82, 2.24) is 9.88 Å². The highest BCUT2D eigenvalue weighted by molar-refractivity contribution is 6.34. The van der Waals surface area contributed by atoms with Gasteiger partial charge in [0.25, 0.3) is 0 Å². The molecular formula is C12H16Cl2N2O. The lowest BCUT2D eigenvalue weighted by Crippen LogP contribution is -2.34. The quantitative estimate of drug-likeness (QED) is 0.861. The van der Waals surface area contributed by atoms with E-state index in [1.807, 2.05) is 0 Å². The first-order valence-electron chi connectivity index (χ1n) is 5.76. The van der Waals surface area contributed by atoms with E-state index in [0.717, 1.165) is 25.1 Å². The van der Waals surface area contributed by atoms with Gasteiger partial charge in [0, 0.05) is 29.4 Å². The van der Waals surface area contributed by atoms with Crippen LogP contribution in [0.2, 0.25) is 10.2 Å². The van der Waals surface area contributed by atoms with Gasteiger partial charge in [-0.3, -0.25) is 4.90 Å². The van der Waals surface area contributed by atoms with Crippen LogP contribution in [0.15, 0.2) is 12.3 Å². The number of aliphatic hydroxyl groups excluding tert-OH is 1. The highest BCUT2D eigenvalue weighted by Gasteiger charge is 2.30. The zero-order valence-corrected chi connectivity index (χ0v) is 11.2. The first-order valence-corrected chi connectivity index (χ1v) is 6.52. The Labute approximate surface area is 111 Å². The number of halogens is 2. The summed E-state index contributed by atoms with van der Waals surface area (Å²) >= 11 is 11.9. The Bertz CT molecular complexity index is 400. The largest absolute Gasteiger partial charge is 0.395 e. The molecule has 0 bridgehead atoms. The Hall–Kier alpha value is -0.350. The summed E-state index contributed by atoms with van der Waals surface area (Å²) in [5, 5.41) is 10.4. The number of rotatable bonds is 3. The van der Waals surface area contributed by atoms with Gasteiger partial charge in [0.2, 0.25) is 0 Å². The SMILES string of the molecule is CC1CCN(Cc2cnc(Cl)cc2Cl)C1CO. The molecule has 0 radical (unpaired) electrons. The summed E-state index contributed by atoms with van der Waals surface area (Å²) in [5.74, 6) is 0.527. The fraction of sp³-hybridized carbons (Fsp3) is 0.583. The topological polar surface area (TPSA) is 36.4 Å². The molecule has 1 fully saturated rings. The van der Waals surface area contributed by atoms with Gasteiger partial charge < -0.3 is 5.11 Å². The normalized spacial score (nSPS) is 25.4. The molecule has 1 aromatic rings. The summed E-state index contributed by atoms with van der Waals surface area (Å²) in [6, 6.07) is 1.88. The molecule has 1 saturated heterocycles. The predicted molar refractivity (Wildman–Crippen MR) is 69.3 cm³/mol. The summed E-state index contributed by atoms with van der Waals surface area (Å²) in [7, 11) is 0. The van der Waals surface area contributed by atoms with Crippen molar-refractivity contribution in [2.24, 2.45) is 5.92 Å². The molecule has 1 N–H and O–H groups in total. The second-order valence-electron chi connectivity index (χ2n) is 4.58. The van der Waals surface area contributed by atoms with Crippen LogP contribution in [0.25, 0.3) is 0 Å². The lowest BCUT2D eigenvalue weighted by molar-refractivity contribution is 0.134. The standard InChI is InChI=1S/C12H16Cl2N2O/c1-8-2-3-16(11(8)7-17)6-9-5-15-12(14)4-10(9)13/h4-5,8,11,17H,2-3,6-7H2,1H3.